The summed E-state index contributed by atoms with van der Waals surface area (Å²) in [5.74, 6) is 2.50. The highest BCUT2D eigenvalue weighted by Crippen LogP contribution is 2.37. The molecule has 0 aliphatic carbocycles. The standard InChI is InChI=1S/C27H39FN4O3/c1-3-5-6-7-8-9-10-11-12-13-23(33)34-19-27(4-2)17-16-22(35-27)20-14-15-21-24(30-18-20)25(29)32-26(28)31-21/h2,18,20,22H,3,5-17,19H2,1H3,(H2,29,31,32)/t20?,22-,27+/m1/s1. The lowest BCUT2D eigenvalue weighted by Gasteiger charge is -2.25. The average Bonchev–Trinajstić information content (AvgIpc) is 3.15. The van der Waals surface area contributed by atoms with Gasteiger partial charge in [0.15, 0.2) is 11.4 Å². The van der Waals surface area contributed by atoms with Gasteiger partial charge in [-0.15, -0.1) is 6.42 Å². The van der Waals surface area contributed by atoms with Crippen LogP contribution in [-0.4, -0.2) is 40.5 Å². The number of terminal acetylenes is 1. The maximum absolute atomic E-state index is 13.5. The number of nitrogen functional groups attached to an aromatic ring is 1. The molecule has 3 rings (SSSR count). The molecule has 0 radical (unpaired) electrons. The summed E-state index contributed by atoms with van der Waals surface area (Å²) >= 11 is 0. The highest BCUT2D eigenvalue weighted by Gasteiger charge is 2.43. The lowest BCUT2D eigenvalue weighted by Crippen LogP contribution is -2.36. The third-order valence-electron chi connectivity index (χ3n) is 6.97. The second kappa shape index (κ2) is 13.5. The molecule has 0 spiro atoms. The van der Waals surface area contributed by atoms with Crippen molar-refractivity contribution in [2.45, 2.75) is 109 Å². The third-order valence-corrected chi connectivity index (χ3v) is 6.97. The minimum atomic E-state index is -0.920. The number of hydrogen-bond acceptors (Lipinski definition) is 7. The van der Waals surface area contributed by atoms with Gasteiger partial charge in [0.1, 0.15) is 12.3 Å². The molecule has 3 atom stereocenters. The number of rotatable bonds is 13. The number of halogens is 1. The number of aryl methyl sites for hydroxylation is 1. The van der Waals surface area contributed by atoms with Gasteiger partial charge in [-0.05, 0) is 32.1 Å². The van der Waals surface area contributed by atoms with Gasteiger partial charge in [0, 0.05) is 18.6 Å². The van der Waals surface area contributed by atoms with Crippen molar-refractivity contribution in [3.05, 3.63) is 11.8 Å². The predicted molar refractivity (Wildman–Crippen MR) is 135 cm³/mol. The van der Waals surface area contributed by atoms with Gasteiger partial charge in [-0.2, -0.15) is 9.37 Å². The molecule has 1 saturated heterocycles. The molecule has 192 valence electrons. The summed E-state index contributed by atoms with van der Waals surface area (Å²) in [5, 5.41) is 0. The largest absolute Gasteiger partial charge is 0.462 e. The number of nitrogens with two attached hydrogens (primary N) is 1. The summed E-state index contributed by atoms with van der Waals surface area (Å²) in [5.41, 5.74) is 5.81. The van der Waals surface area contributed by atoms with Crippen LogP contribution in [0.3, 0.4) is 0 Å². The first-order chi connectivity index (χ1) is 17.0. The lowest BCUT2D eigenvalue weighted by atomic mass is 9.94. The van der Waals surface area contributed by atoms with E-state index >= 15 is 0 Å². The maximum atomic E-state index is 13.5. The summed E-state index contributed by atoms with van der Waals surface area (Å²) in [7, 11) is 0. The number of carbonyl (C=O) groups excluding carboxylic acids is 1. The monoisotopic (exact) mass is 486 g/mol. The molecule has 1 fully saturated rings. The number of aliphatic imine (C=N–C) groups is 1. The number of unbranched alkanes of at least 4 members (excludes halogenated alkanes) is 8. The Bertz CT molecular complexity index is 916. The van der Waals surface area contributed by atoms with Crippen LogP contribution in [0.15, 0.2) is 4.99 Å². The molecule has 1 aromatic rings. The summed E-state index contributed by atoms with van der Waals surface area (Å²) in [4.78, 5) is 24.1. The molecule has 2 aliphatic heterocycles. The summed E-state index contributed by atoms with van der Waals surface area (Å²) in [6, 6.07) is 0. The zero-order valence-electron chi connectivity index (χ0n) is 20.9. The van der Waals surface area contributed by atoms with Crippen molar-refractivity contribution in [3.8, 4) is 12.3 Å². The lowest BCUT2D eigenvalue weighted by molar-refractivity contribution is -0.151. The molecule has 35 heavy (non-hydrogen) atoms. The van der Waals surface area contributed by atoms with Gasteiger partial charge in [0.2, 0.25) is 0 Å². The number of fused-ring (bicyclic) bond motifs is 1. The first-order valence-corrected chi connectivity index (χ1v) is 13.1. The van der Waals surface area contributed by atoms with Gasteiger partial charge < -0.3 is 15.2 Å². The third kappa shape index (κ3) is 7.99. The molecule has 0 aromatic carbocycles. The van der Waals surface area contributed by atoms with E-state index in [9.17, 15) is 9.18 Å². The van der Waals surface area contributed by atoms with Crippen LogP contribution in [0.25, 0.3) is 0 Å². The van der Waals surface area contributed by atoms with E-state index in [1.54, 1.807) is 6.21 Å². The van der Waals surface area contributed by atoms with Gasteiger partial charge >= 0.3 is 12.0 Å². The Morgan fingerprint density at radius 2 is 1.91 bits per heavy atom. The normalized spacial score (nSPS) is 23.5. The Labute approximate surface area is 208 Å². The molecule has 8 heteroatoms. The minimum Gasteiger partial charge on any atom is -0.462 e. The van der Waals surface area contributed by atoms with Crippen LogP contribution in [0, 0.1) is 24.3 Å². The Hall–Kier alpha value is -2.53. The Morgan fingerprint density at radius 1 is 1.20 bits per heavy atom. The van der Waals surface area contributed by atoms with Crippen molar-refractivity contribution in [3.63, 3.8) is 0 Å². The number of esters is 1. The molecule has 2 N–H and O–H groups in total. The molecular weight excluding hydrogens is 447 g/mol. The number of aromatic nitrogens is 2. The molecule has 2 aliphatic rings. The molecule has 0 saturated carbocycles. The average molecular weight is 487 g/mol. The molecule has 0 amide bonds. The van der Waals surface area contributed by atoms with Crippen LogP contribution in [0.5, 0.6) is 0 Å². The number of carbonyl (C=O) groups is 1. The molecule has 7 nitrogen and oxygen atoms in total. The second-order valence-corrected chi connectivity index (χ2v) is 9.73. The van der Waals surface area contributed by atoms with Gasteiger partial charge in [-0.1, -0.05) is 64.2 Å². The maximum Gasteiger partial charge on any atom is 0.310 e. The Kier molecular flexibility index (Phi) is 10.5. The quantitative estimate of drug-likeness (QED) is 0.172. The minimum absolute atomic E-state index is 0.0282. The first-order valence-electron chi connectivity index (χ1n) is 13.1. The van der Waals surface area contributed by atoms with Crippen molar-refractivity contribution in [1.29, 1.82) is 0 Å². The van der Waals surface area contributed by atoms with E-state index < -0.39 is 11.7 Å². The van der Waals surface area contributed by atoms with Crippen LogP contribution >= 0.6 is 0 Å². The SMILES string of the molecule is C#C[C@@]1(COC(=O)CCCCCCCCCCC)CC[C@H](C2C=Nc3c(N)nc(F)nc3CC2)O1. The van der Waals surface area contributed by atoms with Gasteiger partial charge in [-0.25, -0.2) is 4.98 Å². The summed E-state index contributed by atoms with van der Waals surface area (Å²) < 4.78 is 25.3. The summed E-state index contributed by atoms with van der Waals surface area (Å²) in [6.45, 7) is 2.29. The molecule has 1 aromatic heterocycles. The van der Waals surface area contributed by atoms with Crippen LogP contribution in [0.2, 0.25) is 0 Å². The number of anilines is 1. The molecular formula is C27H39FN4O3. The smallest absolute Gasteiger partial charge is 0.310 e. The highest BCUT2D eigenvalue weighted by molar-refractivity contribution is 5.73. The number of hydrogen-bond donors (Lipinski definition) is 1. The topological polar surface area (TPSA) is 99.7 Å². The van der Waals surface area contributed by atoms with E-state index in [1.807, 2.05) is 0 Å². The zero-order valence-corrected chi connectivity index (χ0v) is 20.9. The van der Waals surface area contributed by atoms with Crippen molar-refractivity contribution in [1.82, 2.24) is 9.97 Å². The molecule has 1 unspecified atom stereocenters. The summed E-state index contributed by atoms with van der Waals surface area (Å²) in [6.07, 6.45) is 20.3. The van der Waals surface area contributed by atoms with Crippen LogP contribution in [-0.2, 0) is 20.7 Å². The number of nitrogens with zero attached hydrogens (tertiary/aromatic N) is 3. The van der Waals surface area contributed by atoms with E-state index in [2.05, 4.69) is 27.8 Å². The van der Waals surface area contributed by atoms with E-state index in [-0.39, 0.29) is 30.4 Å². The fourth-order valence-corrected chi connectivity index (χ4v) is 4.82. The fraction of sp³-hybridized carbons (Fsp3) is 0.704. The Morgan fingerprint density at radius 3 is 2.63 bits per heavy atom. The second-order valence-electron chi connectivity index (χ2n) is 9.73. The van der Waals surface area contributed by atoms with Gasteiger partial charge in [0.25, 0.3) is 0 Å². The molecule has 3 heterocycles. The van der Waals surface area contributed by atoms with E-state index in [4.69, 9.17) is 21.6 Å². The van der Waals surface area contributed by atoms with E-state index in [0.717, 1.165) is 25.7 Å². The van der Waals surface area contributed by atoms with Crippen molar-refractivity contribution >= 4 is 23.7 Å². The van der Waals surface area contributed by atoms with Crippen molar-refractivity contribution in [2.24, 2.45) is 10.9 Å². The predicted octanol–water partition coefficient (Wildman–Crippen LogP) is 5.48. The van der Waals surface area contributed by atoms with Crippen molar-refractivity contribution < 1.29 is 18.7 Å². The Balaban J connectivity index is 1.39. The van der Waals surface area contributed by atoms with E-state index in [1.165, 1.54) is 38.5 Å². The molecule has 0 bridgehead atoms. The van der Waals surface area contributed by atoms with Crippen molar-refractivity contribution in [2.75, 3.05) is 12.3 Å². The van der Waals surface area contributed by atoms with Crippen LogP contribution in [0.4, 0.5) is 15.9 Å². The first kappa shape index (κ1) is 27.1. The van der Waals surface area contributed by atoms with Gasteiger partial charge in [0.05, 0.1) is 11.8 Å². The highest BCUT2D eigenvalue weighted by atomic mass is 19.1. The van der Waals surface area contributed by atoms with E-state index in [0.29, 0.717) is 37.1 Å². The number of ether oxygens (including phenoxy) is 2. The van der Waals surface area contributed by atoms with Crippen LogP contribution < -0.4 is 5.73 Å². The van der Waals surface area contributed by atoms with Gasteiger partial charge in [-0.3, -0.25) is 9.79 Å². The van der Waals surface area contributed by atoms with Crippen LogP contribution in [0.1, 0.15) is 96.1 Å². The fourth-order valence-electron chi connectivity index (χ4n) is 4.82. The zero-order chi connectivity index (χ0) is 25.1.